The summed E-state index contributed by atoms with van der Waals surface area (Å²) < 4.78 is 5.63. The van der Waals surface area contributed by atoms with Crippen molar-refractivity contribution in [2.24, 2.45) is 0 Å². The summed E-state index contributed by atoms with van der Waals surface area (Å²) in [5, 5.41) is 0.989. The van der Waals surface area contributed by atoms with Crippen LogP contribution in [0.3, 0.4) is 0 Å². The van der Waals surface area contributed by atoms with E-state index in [9.17, 15) is 4.79 Å². The van der Waals surface area contributed by atoms with Gasteiger partial charge < -0.3 is 9.32 Å². The molecule has 0 spiro atoms. The molecule has 1 saturated heterocycles. The van der Waals surface area contributed by atoms with Gasteiger partial charge in [-0.2, -0.15) is 0 Å². The summed E-state index contributed by atoms with van der Waals surface area (Å²) in [6, 6.07) is 10.1. The lowest BCUT2D eigenvalue weighted by molar-refractivity contribution is 0.0765. The monoisotopic (exact) mass is 272 g/mol. The fraction of sp³-hybridized carbons (Fsp3) is 0.438. The quantitative estimate of drug-likeness (QED) is 0.803. The highest BCUT2D eigenvalue weighted by atomic mass is 16.3. The molecule has 106 valence electrons. The first-order valence-corrected chi connectivity index (χ1v) is 7.08. The van der Waals surface area contributed by atoms with Gasteiger partial charge in [0.25, 0.3) is 0 Å². The molecule has 1 aliphatic rings. The molecular weight excluding hydrogens is 252 g/mol. The van der Waals surface area contributed by atoms with Gasteiger partial charge in [0.2, 0.25) is 5.78 Å². The minimum absolute atomic E-state index is 0.0675. The molecule has 1 fully saturated rings. The zero-order chi connectivity index (χ0) is 14.1. The van der Waals surface area contributed by atoms with Gasteiger partial charge in [0.05, 0.1) is 6.54 Å². The van der Waals surface area contributed by atoms with Crippen molar-refractivity contribution in [3.63, 3.8) is 0 Å². The molecule has 1 aromatic carbocycles. The molecule has 3 rings (SSSR count). The third-order valence-electron chi connectivity index (χ3n) is 4.11. The molecule has 1 unspecified atom stereocenters. The normalized spacial score (nSPS) is 21.4. The average Bonchev–Trinajstić information content (AvgIpc) is 2.87. The van der Waals surface area contributed by atoms with E-state index >= 15 is 0 Å². The molecular formula is C16H20N2O2. The molecule has 2 heterocycles. The number of para-hydroxylation sites is 1. The number of benzene rings is 1. The largest absolute Gasteiger partial charge is 0.453 e. The van der Waals surface area contributed by atoms with Gasteiger partial charge in [-0.25, -0.2) is 0 Å². The lowest BCUT2D eigenvalue weighted by atomic mass is 10.2. The molecule has 0 saturated carbocycles. The van der Waals surface area contributed by atoms with Gasteiger partial charge in [-0.15, -0.1) is 0 Å². The Labute approximate surface area is 119 Å². The number of carbonyl (C=O) groups is 1. The van der Waals surface area contributed by atoms with Crippen molar-refractivity contribution >= 4 is 16.8 Å². The summed E-state index contributed by atoms with van der Waals surface area (Å²) in [7, 11) is 2.13. The van der Waals surface area contributed by atoms with Crippen LogP contribution in [0.5, 0.6) is 0 Å². The van der Waals surface area contributed by atoms with E-state index in [0.29, 0.717) is 18.3 Å². The Morgan fingerprint density at radius 3 is 2.90 bits per heavy atom. The van der Waals surface area contributed by atoms with E-state index < -0.39 is 0 Å². The number of nitrogens with zero attached hydrogens (tertiary/aromatic N) is 2. The van der Waals surface area contributed by atoms with Crippen LogP contribution in [0.15, 0.2) is 34.7 Å². The van der Waals surface area contributed by atoms with Gasteiger partial charge in [0, 0.05) is 31.1 Å². The highest BCUT2D eigenvalue weighted by Gasteiger charge is 2.23. The lowest BCUT2D eigenvalue weighted by Crippen LogP contribution is -2.51. The number of hydrogen-bond donors (Lipinski definition) is 0. The standard InChI is InChI=1S/C16H20N2O2/c1-12-10-18(8-7-17(12)2)11-14(19)16-9-13-5-3-4-6-15(13)20-16/h3-6,9,12H,7-8,10-11H2,1-2H3. The Kier molecular flexibility index (Phi) is 3.59. The summed E-state index contributed by atoms with van der Waals surface area (Å²) in [5.74, 6) is 0.538. The van der Waals surface area contributed by atoms with Gasteiger partial charge in [-0.05, 0) is 26.1 Å². The molecule has 0 N–H and O–H groups in total. The van der Waals surface area contributed by atoms with E-state index in [2.05, 4.69) is 23.8 Å². The number of fused-ring (bicyclic) bond motifs is 1. The molecule has 0 amide bonds. The van der Waals surface area contributed by atoms with E-state index in [0.717, 1.165) is 30.6 Å². The Bertz CT molecular complexity index is 587. The number of rotatable bonds is 3. The fourth-order valence-electron chi connectivity index (χ4n) is 2.67. The van der Waals surface area contributed by atoms with Gasteiger partial charge in [-0.1, -0.05) is 18.2 Å². The van der Waals surface area contributed by atoms with Crippen LogP contribution in [0.1, 0.15) is 17.5 Å². The van der Waals surface area contributed by atoms with Gasteiger partial charge in [0.1, 0.15) is 5.58 Å². The molecule has 0 radical (unpaired) electrons. The zero-order valence-corrected chi connectivity index (χ0v) is 12.0. The first-order valence-electron chi connectivity index (χ1n) is 7.08. The van der Waals surface area contributed by atoms with Crippen molar-refractivity contribution < 1.29 is 9.21 Å². The van der Waals surface area contributed by atoms with E-state index in [-0.39, 0.29) is 5.78 Å². The van der Waals surface area contributed by atoms with Crippen molar-refractivity contribution in [3.8, 4) is 0 Å². The van der Waals surface area contributed by atoms with Crippen LogP contribution in [0.4, 0.5) is 0 Å². The number of hydrogen-bond acceptors (Lipinski definition) is 4. The molecule has 0 bridgehead atoms. The Balaban J connectivity index is 1.70. The van der Waals surface area contributed by atoms with Crippen LogP contribution in [0, 0.1) is 0 Å². The smallest absolute Gasteiger partial charge is 0.211 e. The molecule has 1 aliphatic heterocycles. The minimum Gasteiger partial charge on any atom is -0.453 e. The molecule has 4 nitrogen and oxygen atoms in total. The summed E-state index contributed by atoms with van der Waals surface area (Å²) in [6.07, 6.45) is 0. The molecule has 1 aromatic heterocycles. The number of piperazine rings is 1. The maximum Gasteiger partial charge on any atom is 0.211 e. The van der Waals surface area contributed by atoms with Crippen molar-refractivity contribution in [3.05, 3.63) is 36.1 Å². The summed E-state index contributed by atoms with van der Waals surface area (Å²) >= 11 is 0. The van der Waals surface area contributed by atoms with Crippen LogP contribution in [-0.4, -0.2) is 54.9 Å². The molecule has 4 heteroatoms. The summed E-state index contributed by atoms with van der Waals surface area (Å²) in [6.45, 7) is 5.51. The topological polar surface area (TPSA) is 36.7 Å². The van der Waals surface area contributed by atoms with Crippen LogP contribution in [0.25, 0.3) is 11.0 Å². The predicted molar refractivity (Wildman–Crippen MR) is 79.1 cm³/mol. The number of likely N-dealkylation sites (N-methyl/N-ethyl adjacent to an activating group) is 1. The van der Waals surface area contributed by atoms with E-state index in [1.165, 1.54) is 0 Å². The SMILES string of the molecule is CC1CN(CC(=O)c2cc3ccccc3o2)CCN1C. The second-order valence-electron chi connectivity index (χ2n) is 5.64. The van der Waals surface area contributed by atoms with Crippen molar-refractivity contribution in [1.29, 1.82) is 0 Å². The summed E-state index contributed by atoms with van der Waals surface area (Å²) in [5.41, 5.74) is 0.780. The van der Waals surface area contributed by atoms with Crippen molar-refractivity contribution in [2.75, 3.05) is 33.2 Å². The van der Waals surface area contributed by atoms with E-state index in [1.54, 1.807) is 0 Å². The maximum atomic E-state index is 12.3. The van der Waals surface area contributed by atoms with Gasteiger partial charge >= 0.3 is 0 Å². The number of carbonyl (C=O) groups excluding carboxylic acids is 1. The Morgan fingerprint density at radius 1 is 1.35 bits per heavy atom. The zero-order valence-electron chi connectivity index (χ0n) is 12.0. The molecule has 2 aromatic rings. The van der Waals surface area contributed by atoms with E-state index in [1.807, 2.05) is 30.3 Å². The Morgan fingerprint density at radius 2 is 2.15 bits per heavy atom. The first-order chi connectivity index (χ1) is 9.63. The van der Waals surface area contributed by atoms with Crippen LogP contribution >= 0.6 is 0 Å². The van der Waals surface area contributed by atoms with Crippen LogP contribution in [0.2, 0.25) is 0 Å². The molecule has 20 heavy (non-hydrogen) atoms. The number of Topliss-reactive ketones (excluding diaryl/α,β-unsaturated/α-hetero) is 1. The van der Waals surface area contributed by atoms with Gasteiger partial charge in [0.15, 0.2) is 5.76 Å². The Hall–Kier alpha value is -1.65. The third-order valence-corrected chi connectivity index (χ3v) is 4.11. The predicted octanol–water partition coefficient (Wildman–Crippen LogP) is 2.25. The second-order valence-corrected chi connectivity index (χ2v) is 5.64. The van der Waals surface area contributed by atoms with Crippen LogP contribution < -0.4 is 0 Å². The number of furan rings is 1. The number of ketones is 1. The van der Waals surface area contributed by atoms with E-state index in [4.69, 9.17) is 4.42 Å². The fourth-order valence-corrected chi connectivity index (χ4v) is 2.67. The van der Waals surface area contributed by atoms with Crippen molar-refractivity contribution in [1.82, 2.24) is 9.80 Å². The second kappa shape index (κ2) is 5.38. The maximum absolute atomic E-state index is 12.3. The highest BCUT2D eigenvalue weighted by molar-refractivity contribution is 5.98. The van der Waals surface area contributed by atoms with Crippen LogP contribution in [-0.2, 0) is 0 Å². The average molecular weight is 272 g/mol. The van der Waals surface area contributed by atoms with Crippen molar-refractivity contribution in [2.45, 2.75) is 13.0 Å². The molecule has 1 atom stereocenters. The molecule has 0 aliphatic carbocycles. The minimum atomic E-state index is 0.0675. The lowest BCUT2D eigenvalue weighted by Gasteiger charge is -2.37. The summed E-state index contributed by atoms with van der Waals surface area (Å²) in [4.78, 5) is 16.9. The first kappa shape index (κ1) is 13.3. The highest BCUT2D eigenvalue weighted by Crippen LogP contribution is 2.19. The van der Waals surface area contributed by atoms with Gasteiger partial charge in [-0.3, -0.25) is 9.69 Å². The third kappa shape index (κ3) is 2.62.